The summed E-state index contributed by atoms with van der Waals surface area (Å²) in [7, 11) is 4.13. The first-order valence-electron chi connectivity index (χ1n) is 7.67. The van der Waals surface area contributed by atoms with Crippen LogP contribution in [0.15, 0.2) is 29.5 Å². The summed E-state index contributed by atoms with van der Waals surface area (Å²) in [6.07, 6.45) is 5.06. The maximum atomic E-state index is 4.71. The molecule has 2 aromatic heterocycles. The topological polar surface area (TPSA) is 45.5 Å². The van der Waals surface area contributed by atoms with Crippen LogP contribution in [0.5, 0.6) is 0 Å². The number of aliphatic imine (C=N–C) groups is 1. The van der Waals surface area contributed by atoms with Gasteiger partial charge in [0.2, 0.25) is 0 Å². The first-order chi connectivity index (χ1) is 10.6. The van der Waals surface area contributed by atoms with Gasteiger partial charge in [-0.25, -0.2) is 9.98 Å². The summed E-state index contributed by atoms with van der Waals surface area (Å²) in [5, 5.41) is 4.42. The molecule has 0 aromatic carbocycles. The molecule has 2 aromatic rings. The van der Waals surface area contributed by atoms with Crippen LogP contribution < -0.4 is 5.32 Å². The fraction of sp³-hybridized carbons (Fsp3) is 0.500. The van der Waals surface area contributed by atoms with Crippen molar-refractivity contribution in [3.8, 4) is 0 Å². The first-order valence-corrected chi connectivity index (χ1v) is 8.48. The maximum Gasteiger partial charge on any atom is 0.194 e. The van der Waals surface area contributed by atoms with Crippen LogP contribution in [0, 0.1) is 0 Å². The van der Waals surface area contributed by atoms with Crippen molar-refractivity contribution in [3.63, 3.8) is 0 Å². The third kappa shape index (κ3) is 4.34. The molecular formula is C16H25N5S. The van der Waals surface area contributed by atoms with Crippen molar-refractivity contribution < 1.29 is 0 Å². The van der Waals surface area contributed by atoms with Gasteiger partial charge in [0.15, 0.2) is 5.96 Å². The number of aryl methyl sites for hydroxylation is 2. The number of hydrogen-bond acceptors (Lipinski definition) is 3. The van der Waals surface area contributed by atoms with E-state index >= 15 is 0 Å². The minimum Gasteiger partial charge on any atom is -0.357 e. The van der Waals surface area contributed by atoms with Gasteiger partial charge in [0.1, 0.15) is 5.01 Å². The van der Waals surface area contributed by atoms with Crippen LogP contribution in [-0.4, -0.2) is 34.0 Å². The molecule has 22 heavy (non-hydrogen) atoms. The van der Waals surface area contributed by atoms with Crippen molar-refractivity contribution in [2.45, 2.75) is 33.4 Å². The lowest BCUT2D eigenvalue weighted by atomic mass is 10.4. The van der Waals surface area contributed by atoms with Gasteiger partial charge < -0.3 is 14.8 Å². The monoisotopic (exact) mass is 319 g/mol. The van der Waals surface area contributed by atoms with Crippen LogP contribution >= 0.6 is 11.3 Å². The van der Waals surface area contributed by atoms with Crippen LogP contribution in [-0.2, 0) is 26.6 Å². The van der Waals surface area contributed by atoms with E-state index in [9.17, 15) is 0 Å². The van der Waals surface area contributed by atoms with Crippen LogP contribution in [0.1, 0.15) is 29.4 Å². The molecule has 0 fully saturated rings. The molecule has 0 bridgehead atoms. The molecule has 0 atom stereocenters. The van der Waals surface area contributed by atoms with Gasteiger partial charge in [0.05, 0.1) is 13.1 Å². The third-order valence-electron chi connectivity index (χ3n) is 3.46. The summed E-state index contributed by atoms with van der Waals surface area (Å²) in [5.74, 6) is 0.914. The Morgan fingerprint density at radius 1 is 1.45 bits per heavy atom. The first kappa shape index (κ1) is 16.5. The molecular weight excluding hydrogens is 294 g/mol. The molecule has 0 unspecified atom stereocenters. The zero-order valence-electron chi connectivity index (χ0n) is 13.8. The Bertz CT molecular complexity index is 614. The number of thiazole rings is 1. The Kier molecular flexibility index (Phi) is 6.00. The van der Waals surface area contributed by atoms with Gasteiger partial charge in [-0.1, -0.05) is 6.92 Å². The van der Waals surface area contributed by atoms with E-state index in [-0.39, 0.29) is 0 Å². The van der Waals surface area contributed by atoms with Gasteiger partial charge in [0.25, 0.3) is 0 Å². The molecule has 0 saturated heterocycles. The van der Waals surface area contributed by atoms with Gasteiger partial charge in [-0.15, -0.1) is 11.3 Å². The average Bonchev–Trinajstić information content (AvgIpc) is 3.13. The Balaban J connectivity index is 2.04. The second-order valence-electron chi connectivity index (χ2n) is 5.21. The Labute approximate surface area is 136 Å². The molecule has 0 aliphatic heterocycles. The van der Waals surface area contributed by atoms with E-state index in [4.69, 9.17) is 4.99 Å². The van der Waals surface area contributed by atoms with Gasteiger partial charge >= 0.3 is 0 Å². The summed E-state index contributed by atoms with van der Waals surface area (Å²) in [5.41, 5.74) is 1.26. The number of rotatable bonds is 6. The highest BCUT2D eigenvalue weighted by atomic mass is 32.1. The highest BCUT2D eigenvalue weighted by molar-refractivity contribution is 7.11. The largest absolute Gasteiger partial charge is 0.357 e. The second kappa shape index (κ2) is 7.98. The molecule has 0 radical (unpaired) electrons. The minimum atomic E-state index is 0.629. The van der Waals surface area contributed by atoms with E-state index in [1.807, 2.05) is 6.20 Å². The highest BCUT2D eigenvalue weighted by Crippen LogP contribution is 2.14. The number of guanidine groups is 1. The van der Waals surface area contributed by atoms with Gasteiger partial charge in [-0.3, -0.25) is 0 Å². The predicted molar refractivity (Wildman–Crippen MR) is 93.2 cm³/mol. The van der Waals surface area contributed by atoms with E-state index in [2.05, 4.69) is 66.0 Å². The van der Waals surface area contributed by atoms with Crippen LogP contribution in [0.2, 0.25) is 0 Å². The quantitative estimate of drug-likeness (QED) is 0.658. The lowest BCUT2D eigenvalue weighted by Crippen LogP contribution is -2.38. The average molecular weight is 319 g/mol. The lowest BCUT2D eigenvalue weighted by Gasteiger charge is -2.22. The molecule has 0 spiro atoms. The summed E-state index contributed by atoms with van der Waals surface area (Å²) in [4.78, 5) is 12.6. The molecule has 0 amide bonds. The Morgan fingerprint density at radius 3 is 2.86 bits per heavy atom. The number of nitrogens with one attached hydrogen (secondary N) is 1. The van der Waals surface area contributed by atoms with Crippen molar-refractivity contribution >= 4 is 17.3 Å². The fourth-order valence-corrected chi connectivity index (χ4v) is 2.96. The predicted octanol–water partition coefficient (Wildman–Crippen LogP) is 2.64. The van der Waals surface area contributed by atoms with Crippen LogP contribution in [0.4, 0.5) is 0 Å². The summed E-state index contributed by atoms with van der Waals surface area (Å²) in [6.45, 7) is 6.55. The van der Waals surface area contributed by atoms with Crippen molar-refractivity contribution in [2.75, 3.05) is 13.6 Å². The summed E-state index contributed by atoms with van der Waals surface area (Å²) in [6, 6.07) is 4.20. The van der Waals surface area contributed by atoms with E-state index in [1.54, 1.807) is 11.3 Å². The van der Waals surface area contributed by atoms with Crippen molar-refractivity contribution in [2.24, 2.45) is 12.0 Å². The minimum absolute atomic E-state index is 0.629. The van der Waals surface area contributed by atoms with Gasteiger partial charge in [-0.2, -0.15) is 0 Å². The molecule has 2 rings (SSSR count). The van der Waals surface area contributed by atoms with Crippen molar-refractivity contribution in [1.29, 1.82) is 0 Å². The second-order valence-corrected chi connectivity index (χ2v) is 6.41. The molecule has 0 aliphatic carbocycles. The van der Waals surface area contributed by atoms with Gasteiger partial charge in [0, 0.05) is 43.6 Å². The summed E-state index contributed by atoms with van der Waals surface area (Å²) < 4.78 is 2.13. The molecule has 6 heteroatoms. The molecule has 2 heterocycles. The molecule has 1 N–H and O–H groups in total. The summed E-state index contributed by atoms with van der Waals surface area (Å²) >= 11 is 1.74. The fourth-order valence-electron chi connectivity index (χ4n) is 2.18. The smallest absolute Gasteiger partial charge is 0.194 e. The van der Waals surface area contributed by atoms with E-state index in [0.29, 0.717) is 6.54 Å². The maximum absolute atomic E-state index is 4.71. The van der Waals surface area contributed by atoms with E-state index in [1.165, 1.54) is 10.6 Å². The Morgan fingerprint density at radius 2 is 2.27 bits per heavy atom. The molecule has 5 nitrogen and oxygen atoms in total. The number of aromatic nitrogens is 2. The van der Waals surface area contributed by atoms with Crippen LogP contribution in [0.3, 0.4) is 0 Å². The van der Waals surface area contributed by atoms with Crippen molar-refractivity contribution in [1.82, 2.24) is 19.8 Å². The Hall–Kier alpha value is -1.82. The highest BCUT2D eigenvalue weighted by Gasteiger charge is 2.09. The number of nitrogens with zero attached hydrogens (tertiary/aromatic N) is 4. The lowest BCUT2D eigenvalue weighted by molar-refractivity contribution is 0.462. The molecule has 120 valence electrons. The third-order valence-corrected chi connectivity index (χ3v) is 4.59. The van der Waals surface area contributed by atoms with Gasteiger partial charge in [-0.05, 0) is 25.5 Å². The molecule has 0 aliphatic rings. The van der Waals surface area contributed by atoms with Crippen LogP contribution in [0.25, 0.3) is 0 Å². The normalized spacial score (nSPS) is 11.7. The zero-order valence-corrected chi connectivity index (χ0v) is 14.7. The zero-order chi connectivity index (χ0) is 15.9. The van der Waals surface area contributed by atoms with Crippen molar-refractivity contribution in [3.05, 3.63) is 40.1 Å². The molecule has 0 saturated carbocycles. The van der Waals surface area contributed by atoms with E-state index < -0.39 is 0 Å². The SMILES string of the molecule is CCNC(=NCc1ncc(CC)s1)N(C)Cc1cccn1C. The van der Waals surface area contributed by atoms with E-state index in [0.717, 1.165) is 30.5 Å². The number of hydrogen-bond donors (Lipinski definition) is 1. The standard InChI is InChI=1S/C16H25N5S/c1-5-14-10-18-15(22-14)11-19-16(17-6-2)21(4)12-13-8-7-9-20(13)3/h7-10H,5-6,11-12H2,1-4H3,(H,17,19).